The van der Waals surface area contributed by atoms with Crippen LogP contribution in [-0.4, -0.2) is 15.5 Å². The van der Waals surface area contributed by atoms with Gasteiger partial charge in [0.25, 0.3) is 5.91 Å². The molecule has 0 spiro atoms. The average Bonchev–Trinajstić information content (AvgIpc) is 3.06. The van der Waals surface area contributed by atoms with Crippen LogP contribution in [0.25, 0.3) is 10.9 Å². The van der Waals surface area contributed by atoms with E-state index in [0.29, 0.717) is 18.7 Å². The zero-order chi connectivity index (χ0) is 19.5. The zero-order valence-corrected chi connectivity index (χ0v) is 16.5. The van der Waals surface area contributed by atoms with Gasteiger partial charge >= 0.3 is 0 Å². The van der Waals surface area contributed by atoms with Crippen LogP contribution in [0.4, 0.5) is 4.39 Å². The van der Waals surface area contributed by atoms with Gasteiger partial charge in [0.2, 0.25) is 0 Å². The number of pyridine rings is 1. The molecule has 4 rings (SSSR count). The SMILES string of the molecule is O=C(NCc1cccnc1)c1cn(Cc2ccc(F)cc2)c2ccc(Br)cc12. The lowest BCUT2D eigenvalue weighted by molar-refractivity contribution is 0.0952. The molecule has 2 aromatic carbocycles. The van der Waals surface area contributed by atoms with Gasteiger partial charge in [0.05, 0.1) is 5.56 Å². The molecule has 4 nitrogen and oxygen atoms in total. The molecule has 0 atom stereocenters. The van der Waals surface area contributed by atoms with Crippen LogP contribution in [0, 0.1) is 5.82 Å². The Morgan fingerprint density at radius 1 is 1.11 bits per heavy atom. The van der Waals surface area contributed by atoms with Crippen LogP contribution in [0.15, 0.2) is 77.7 Å². The Labute approximate surface area is 170 Å². The Bertz CT molecular complexity index is 1120. The molecule has 1 amide bonds. The van der Waals surface area contributed by atoms with Crippen LogP contribution in [0.1, 0.15) is 21.5 Å². The molecule has 0 aliphatic carbocycles. The summed E-state index contributed by atoms with van der Waals surface area (Å²) in [6.07, 6.45) is 5.28. The Hall–Kier alpha value is -2.99. The van der Waals surface area contributed by atoms with E-state index in [0.717, 1.165) is 26.5 Å². The normalized spacial score (nSPS) is 10.9. The predicted molar refractivity (Wildman–Crippen MR) is 111 cm³/mol. The molecule has 0 aliphatic rings. The van der Waals surface area contributed by atoms with Crippen molar-refractivity contribution in [1.29, 1.82) is 0 Å². The Balaban J connectivity index is 1.64. The maximum absolute atomic E-state index is 13.2. The fraction of sp³-hybridized carbons (Fsp3) is 0.0909. The van der Waals surface area contributed by atoms with E-state index in [2.05, 4.69) is 26.2 Å². The van der Waals surface area contributed by atoms with Crippen LogP contribution in [0.2, 0.25) is 0 Å². The fourth-order valence-electron chi connectivity index (χ4n) is 3.15. The average molecular weight is 438 g/mol. The third-order valence-electron chi connectivity index (χ3n) is 4.53. The standard InChI is InChI=1S/C22H17BrFN3O/c23-17-5-8-21-19(10-17)20(22(28)26-12-16-2-1-9-25-11-16)14-27(21)13-15-3-6-18(24)7-4-15/h1-11,14H,12-13H2,(H,26,28). The van der Waals surface area contributed by atoms with Gasteiger partial charge in [-0.3, -0.25) is 9.78 Å². The third kappa shape index (κ3) is 3.97. The molecule has 1 N–H and O–H groups in total. The van der Waals surface area contributed by atoms with E-state index in [1.807, 2.05) is 41.1 Å². The van der Waals surface area contributed by atoms with Crippen LogP contribution < -0.4 is 5.32 Å². The highest BCUT2D eigenvalue weighted by atomic mass is 79.9. The van der Waals surface area contributed by atoms with E-state index in [-0.39, 0.29) is 11.7 Å². The molecule has 2 heterocycles. The molecule has 0 saturated heterocycles. The first-order chi connectivity index (χ1) is 13.6. The highest BCUT2D eigenvalue weighted by Crippen LogP contribution is 2.26. The minimum Gasteiger partial charge on any atom is -0.348 e. The predicted octanol–water partition coefficient (Wildman–Crippen LogP) is 4.92. The van der Waals surface area contributed by atoms with Gasteiger partial charge in [0.15, 0.2) is 0 Å². The Morgan fingerprint density at radius 3 is 2.68 bits per heavy atom. The molecule has 6 heteroatoms. The number of fused-ring (bicyclic) bond motifs is 1. The van der Waals surface area contributed by atoms with E-state index in [1.165, 1.54) is 12.1 Å². The lowest BCUT2D eigenvalue weighted by Gasteiger charge is -2.05. The molecule has 0 saturated carbocycles. The van der Waals surface area contributed by atoms with E-state index < -0.39 is 0 Å². The number of nitrogens with one attached hydrogen (secondary N) is 1. The number of nitrogens with zero attached hydrogens (tertiary/aromatic N) is 2. The summed E-state index contributed by atoms with van der Waals surface area (Å²) in [7, 11) is 0. The van der Waals surface area contributed by atoms with Crippen molar-refractivity contribution in [3.63, 3.8) is 0 Å². The number of hydrogen-bond donors (Lipinski definition) is 1. The van der Waals surface area contributed by atoms with Crippen molar-refractivity contribution in [2.75, 3.05) is 0 Å². The quantitative estimate of drug-likeness (QED) is 0.481. The maximum atomic E-state index is 13.2. The lowest BCUT2D eigenvalue weighted by Crippen LogP contribution is -2.22. The van der Waals surface area contributed by atoms with Crippen molar-refractivity contribution >= 4 is 32.7 Å². The maximum Gasteiger partial charge on any atom is 0.253 e. The summed E-state index contributed by atoms with van der Waals surface area (Å²) in [5, 5.41) is 3.82. The summed E-state index contributed by atoms with van der Waals surface area (Å²) in [4.78, 5) is 16.9. The van der Waals surface area contributed by atoms with Gasteiger partial charge in [-0.2, -0.15) is 0 Å². The minimum atomic E-state index is -0.263. The first-order valence-corrected chi connectivity index (χ1v) is 9.59. The van der Waals surface area contributed by atoms with Crippen molar-refractivity contribution in [2.45, 2.75) is 13.1 Å². The number of carbonyl (C=O) groups excluding carboxylic acids is 1. The molecular weight excluding hydrogens is 421 g/mol. The number of halogens is 2. The van der Waals surface area contributed by atoms with E-state index in [9.17, 15) is 9.18 Å². The van der Waals surface area contributed by atoms with Gasteiger partial charge in [-0.25, -0.2) is 4.39 Å². The molecule has 2 aromatic heterocycles. The molecule has 0 radical (unpaired) electrons. The summed E-state index contributed by atoms with van der Waals surface area (Å²) in [6.45, 7) is 0.958. The second-order valence-corrected chi connectivity index (χ2v) is 7.42. The van der Waals surface area contributed by atoms with Crippen molar-refractivity contribution in [3.8, 4) is 0 Å². The highest BCUT2D eigenvalue weighted by molar-refractivity contribution is 9.10. The topological polar surface area (TPSA) is 46.9 Å². The van der Waals surface area contributed by atoms with Gasteiger partial charge in [-0.1, -0.05) is 34.1 Å². The van der Waals surface area contributed by atoms with E-state index in [4.69, 9.17) is 0 Å². The van der Waals surface area contributed by atoms with Gasteiger partial charge in [0, 0.05) is 47.1 Å². The number of hydrogen-bond acceptors (Lipinski definition) is 2. The monoisotopic (exact) mass is 437 g/mol. The molecule has 0 unspecified atom stereocenters. The third-order valence-corrected chi connectivity index (χ3v) is 5.02. The zero-order valence-electron chi connectivity index (χ0n) is 14.9. The van der Waals surface area contributed by atoms with Crippen molar-refractivity contribution in [2.24, 2.45) is 0 Å². The first-order valence-electron chi connectivity index (χ1n) is 8.80. The van der Waals surface area contributed by atoms with Crippen LogP contribution in [0.5, 0.6) is 0 Å². The van der Waals surface area contributed by atoms with Gasteiger partial charge in [-0.15, -0.1) is 0 Å². The van der Waals surface area contributed by atoms with Gasteiger partial charge in [-0.05, 0) is 47.5 Å². The Morgan fingerprint density at radius 2 is 1.93 bits per heavy atom. The molecule has 28 heavy (non-hydrogen) atoms. The molecule has 140 valence electrons. The summed E-state index contributed by atoms with van der Waals surface area (Å²) in [5.74, 6) is -0.412. The molecule has 0 aliphatic heterocycles. The molecule has 0 bridgehead atoms. The summed E-state index contributed by atoms with van der Waals surface area (Å²) in [6, 6.07) is 16.0. The molecule has 0 fully saturated rings. The van der Waals surface area contributed by atoms with Crippen molar-refractivity contribution in [3.05, 3.63) is 100 Å². The molecule has 4 aromatic rings. The second kappa shape index (κ2) is 7.94. The van der Waals surface area contributed by atoms with Crippen molar-refractivity contribution < 1.29 is 9.18 Å². The summed E-state index contributed by atoms with van der Waals surface area (Å²) < 4.78 is 16.1. The van der Waals surface area contributed by atoms with E-state index in [1.54, 1.807) is 24.5 Å². The van der Waals surface area contributed by atoms with Crippen molar-refractivity contribution in [1.82, 2.24) is 14.9 Å². The number of amides is 1. The van der Waals surface area contributed by atoms with E-state index >= 15 is 0 Å². The highest BCUT2D eigenvalue weighted by Gasteiger charge is 2.16. The fourth-order valence-corrected chi connectivity index (χ4v) is 3.51. The number of benzene rings is 2. The smallest absolute Gasteiger partial charge is 0.253 e. The summed E-state index contributed by atoms with van der Waals surface area (Å²) >= 11 is 3.48. The number of carbonyl (C=O) groups is 1. The minimum absolute atomic E-state index is 0.148. The number of aromatic nitrogens is 2. The van der Waals surface area contributed by atoms with Gasteiger partial charge in [0.1, 0.15) is 5.82 Å². The largest absolute Gasteiger partial charge is 0.348 e. The first kappa shape index (κ1) is 18.4. The summed E-state index contributed by atoms with van der Waals surface area (Å²) in [5.41, 5.74) is 3.44. The second-order valence-electron chi connectivity index (χ2n) is 6.50. The van der Waals surface area contributed by atoms with Gasteiger partial charge < -0.3 is 9.88 Å². The Kier molecular flexibility index (Phi) is 5.21. The number of rotatable bonds is 5. The van der Waals surface area contributed by atoms with Crippen LogP contribution in [-0.2, 0) is 13.1 Å². The lowest BCUT2D eigenvalue weighted by atomic mass is 10.1. The molecular formula is C22H17BrFN3O. The van der Waals surface area contributed by atoms with Crippen LogP contribution >= 0.6 is 15.9 Å². The van der Waals surface area contributed by atoms with Crippen LogP contribution in [0.3, 0.4) is 0 Å².